The minimum atomic E-state index is -2.82. The molecule has 0 amide bonds. The van der Waals surface area contributed by atoms with Crippen LogP contribution in [0.5, 0.6) is 0 Å². The molecule has 0 aromatic heterocycles. The summed E-state index contributed by atoms with van der Waals surface area (Å²) in [4.78, 5) is 0. The van der Waals surface area contributed by atoms with Gasteiger partial charge in [0, 0.05) is 12.5 Å². The van der Waals surface area contributed by atoms with Crippen molar-refractivity contribution in [3.63, 3.8) is 0 Å². The smallest absolute Gasteiger partial charge is 0.202 e. The number of hydrogen-bond donors (Lipinski definition) is 0. The molecule has 0 N–H and O–H groups in total. The third kappa shape index (κ3) is 2.61. The molecule has 0 unspecified atom stereocenters. The van der Waals surface area contributed by atoms with Crippen molar-refractivity contribution >= 4 is 0 Å². The van der Waals surface area contributed by atoms with Gasteiger partial charge in [-0.15, -0.1) is 0 Å². The maximum absolute atomic E-state index is 12.8. The van der Waals surface area contributed by atoms with Gasteiger partial charge in [0.25, 0.3) is 5.92 Å². The first-order chi connectivity index (χ1) is 5.47. The largest absolute Gasteiger partial charge is 0.270 e. The molecule has 0 aromatic carbocycles. The molecule has 0 nitrogen and oxygen atoms in total. The summed E-state index contributed by atoms with van der Waals surface area (Å²) in [6, 6.07) is 0. The summed E-state index contributed by atoms with van der Waals surface area (Å²) < 4.78 is 25.7. The van der Waals surface area contributed by atoms with Crippen LogP contribution in [-0.2, 0) is 0 Å². The monoisotopic (exact) mass is 172 g/mol. The Hall–Kier alpha value is -0.920. The Morgan fingerprint density at radius 1 is 1.33 bits per heavy atom. The first-order valence-electron chi connectivity index (χ1n) is 3.83. The minimum absolute atomic E-state index is 0.0278. The van der Waals surface area contributed by atoms with E-state index < -0.39 is 5.92 Å². The van der Waals surface area contributed by atoms with Gasteiger partial charge in [-0.1, -0.05) is 32.2 Å². The van der Waals surface area contributed by atoms with Crippen LogP contribution in [0.2, 0.25) is 0 Å². The van der Waals surface area contributed by atoms with E-state index in [1.54, 1.807) is 0 Å². The van der Waals surface area contributed by atoms with E-state index in [1.165, 1.54) is 12.2 Å². The van der Waals surface area contributed by atoms with Crippen molar-refractivity contribution in [1.82, 2.24) is 0 Å². The molecule has 0 aliphatic rings. The van der Waals surface area contributed by atoms with Gasteiger partial charge in [0.05, 0.1) is 0 Å². The normalized spacial score (nSPS) is 13.7. The van der Waals surface area contributed by atoms with Gasteiger partial charge in [-0.3, -0.25) is 0 Å². The van der Waals surface area contributed by atoms with Crippen LogP contribution in [0.4, 0.5) is 8.78 Å². The van der Waals surface area contributed by atoms with Gasteiger partial charge in [0.15, 0.2) is 0 Å². The highest BCUT2D eigenvalue weighted by Crippen LogP contribution is 2.28. The van der Waals surface area contributed by atoms with Crippen LogP contribution in [0.1, 0.15) is 20.3 Å². The molecule has 0 saturated carbocycles. The highest BCUT2D eigenvalue weighted by atomic mass is 19.3. The molecule has 0 rings (SSSR count). The molecule has 68 valence electrons. The van der Waals surface area contributed by atoms with E-state index in [9.17, 15) is 8.78 Å². The molecule has 0 heterocycles. The van der Waals surface area contributed by atoms with Crippen molar-refractivity contribution in [2.75, 3.05) is 0 Å². The molecule has 0 fully saturated rings. The average Bonchev–Trinajstić information content (AvgIpc) is 1.97. The SMILES string of the molecule is C=C/C(CC)=C(\C=C)C(C)(F)F. The number of rotatable bonds is 4. The predicted molar refractivity (Wildman–Crippen MR) is 48.3 cm³/mol. The molecule has 0 spiro atoms. The van der Waals surface area contributed by atoms with E-state index in [-0.39, 0.29) is 5.57 Å². The minimum Gasteiger partial charge on any atom is -0.202 e. The molecule has 0 aromatic rings. The van der Waals surface area contributed by atoms with Crippen molar-refractivity contribution in [3.05, 3.63) is 36.5 Å². The van der Waals surface area contributed by atoms with Crippen molar-refractivity contribution in [3.8, 4) is 0 Å². The van der Waals surface area contributed by atoms with Gasteiger partial charge in [0.2, 0.25) is 0 Å². The lowest BCUT2D eigenvalue weighted by Gasteiger charge is -2.14. The van der Waals surface area contributed by atoms with Crippen LogP contribution in [0, 0.1) is 0 Å². The van der Waals surface area contributed by atoms with E-state index >= 15 is 0 Å². The van der Waals surface area contributed by atoms with Crippen LogP contribution in [0.3, 0.4) is 0 Å². The molecule has 0 radical (unpaired) electrons. The van der Waals surface area contributed by atoms with Crippen LogP contribution < -0.4 is 0 Å². The summed E-state index contributed by atoms with van der Waals surface area (Å²) in [5, 5.41) is 0. The molecule has 0 aliphatic heterocycles. The summed E-state index contributed by atoms with van der Waals surface area (Å²) in [5.74, 6) is -2.82. The Morgan fingerprint density at radius 2 is 1.83 bits per heavy atom. The maximum atomic E-state index is 12.8. The standard InChI is InChI=1S/C10H14F2/c1-5-8(6-2)9(7-3)10(4,11)12/h5,7H,1,3,6H2,2,4H3/b9-8-. The lowest BCUT2D eigenvalue weighted by atomic mass is 10.0. The van der Waals surface area contributed by atoms with Gasteiger partial charge in [-0.2, -0.15) is 0 Å². The molecule has 0 bridgehead atoms. The summed E-state index contributed by atoms with van der Waals surface area (Å²) in [6.45, 7) is 9.51. The first kappa shape index (κ1) is 11.1. The van der Waals surface area contributed by atoms with Crippen LogP contribution in [0.25, 0.3) is 0 Å². The van der Waals surface area contributed by atoms with Crippen molar-refractivity contribution in [2.45, 2.75) is 26.2 Å². The quantitative estimate of drug-likeness (QED) is 0.567. The maximum Gasteiger partial charge on any atom is 0.270 e. The topological polar surface area (TPSA) is 0 Å². The number of halogens is 2. The fraction of sp³-hybridized carbons (Fsp3) is 0.400. The van der Waals surface area contributed by atoms with E-state index in [0.29, 0.717) is 12.0 Å². The van der Waals surface area contributed by atoms with Gasteiger partial charge in [-0.05, 0) is 12.0 Å². The van der Waals surface area contributed by atoms with Crippen molar-refractivity contribution in [2.24, 2.45) is 0 Å². The fourth-order valence-electron chi connectivity index (χ4n) is 1.04. The lowest BCUT2D eigenvalue weighted by Crippen LogP contribution is -2.13. The van der Waals surface area contributed by atoms with Crippen LogP contribution in [0.15, 0.2) is 36.5 Å². The molecule has 2 heteroatoms. The van der Waals surface area contributed by atoms with Gasteiger partial charge in [0.1, 0.15) is 0 Å². The zero-order chi connectivity index (χ0) is 9.78. The summed E-state index contributed by atoms with van der Waals surface area (Å²) in [6.07, 6.45) is 3.20. The van der Waals surface area contributed by atoms with Crippen molar-refractivity contribution < 1.29 is 8.78 Å². The van der Waals surface area contributed by atoms with Gasteiger partial charge in [-0.25, -0.2) is 8.78 Å². The molecular weight excluding hydrogens is 158 g/mol. The first-order valence-corrected chi connectivity index (χ1v) is 3.83. The Labute approximate surface area is 72.3 Å². The highest BCUT2D eigenvalue weighted by molar-refractivity contribution is 5.35. The second kappa shape index (κ2) is 4.19. The second-order valence-corrected chi connectivity index (χ2v) is 2.59. The molecule has 0 saturated heterocycles. The van der Waals surface area contributed by atoms with Crippen LogP contribution >= 0.6 is 0 Å². The Morgan fingerprint density at radius 3 is 1.92 bits per heavy atom. The van der Waals surface area contributed by atoms with E-state index in [4.69, 9.17) is 0 Å². The van der Waals surface area contributed by atoms with E-state index in [0.717, 1.165) is 6.92 Å². The molecule has 0 aliphatic carbocycles. The summed E-state index contributed by atoms with van der Waals surface area (Å²) >= 11 is 0. The number of hydrogen-bond acceptors (Lipinski definition) is 0. The third-order valence-corrected chi connectivity index (χ3v) is 1.65. The molecule has 12 heavy (non-hydrogen) atoms. The van der Waals surface area contributed by atoms with E-state index in [1.807, 2.05) is 6.92 Å². The third-order valence-electron chi connectivity index (χ3n) is 1.65. The zero-order valence-corrected chi connectivity index (χ0v) is 7.53. The molecule has 0 atom stereocenters. The zero-order valence-electron chi connectivity index (χ0n) is 7.53. The van der Waals surface area contributed by atoms with Crippen molar-refractivity contribution in [1.29, 1.82) is 0 Å². The lowest BCUT2D eigenvalue weighted by molar-refractivity contribution is 0.0665. The van der Waals surface area contributed by atoms with Gasteiger partial charge >= 0.3 is 0 Å². The predicted octanol–water partition coefficient (Wildman–Crippen LogP) is 3.72. The number of alkyl halides is 2. The average molecular weight is 172 g/mol. The molecular formula is C10H14F2. The highest BCUT2D eigenvalue weighted by Gasteiger charge is 2.26. The fourth-order valence-corrected chi connectivity index (χ4v) is 1.04. The van der Waals surface area contributed by atoms with Crippen LogP contribution in [-0.4, -0.2) is 5.92 Å². The Kier molecular flexibility index (Phi) is 3.87. The van der Waals surface area contributed by atoms with E-state index in [2.05, 4.69) is 13.2 Å². The van der Waals surface area contributed by atoms with Gasteiger partial charge < -0.3 is 0 Å². The second-order valence-electron chi connectivity index (χ2n) is 2.59. The Bertz CT molecular complexity index is 206. The number of allylic oxidation sites excluding steroid dienone is 4. The summed E-state index contributed by atoms with van der Waals surface area (Å²) in [5.41, 5.74) is 0.525. The Balaban J connectivity index is 5.09. The summed E-state index contributed by atoms with van der Waals surface area (Å²) in [7, 11) is 0.